The largest absolute Gasteiger partial charge is 0.444 e. The number of pyridine rings is 1. The number of rotatable bonds is 6. The van der Waals surface area contributed by atoms with E-state index in [-0.39, 0.29) is 35.8 Å². The maximum Gasteiger partial charge on any atom is 0.410 e. The van der Waals surface area contributed by atoms with E-state index < -0.39 is 33.8 Å². The molecule has 6 aliphatic heterocycles. The molecule has 89 heavy (non-hydrogen) atoms. The van der Waals surface area contributed by atoms with Crippen molar-refractivity contribution in [1.29, 1.82) is 0 Å². The Morgan fingerprint density at radius 3 is 1.45 bits per heavy atom. The van der Waals surface area contributed by atoms with Crippen LogP contribution in [0, 0.1) is 0 Å². The number of thiocarbonyl (C=S) groups is 1. The van der Waals surface area contributed by atoms with Gasteiger partial charge in [-0.2, -0.15) is 0 Å². The van der Waals surface area contributed by atoms with Crippen LogP contribution in [0.1, 0.15) is 118 Å². The lowest BCUT2D eigenvalue weighted by atomic mass is 9.98. The highest BCUT2D eigenvalue weighted by Crippen LogP contribution is 2.37. The monoisotopic (exact) mass is 1440 g/mol. The van der Waals surface area contributed by atoms with E-state index in [1.54, 1.807) is 20.9 Å². The predicted molar refractivity (Wildman–Crippen MR) is 365 cm³/mol. The Labute approximate surface area is 554 Å². The molecule has 3 fully saturated rings. The first-order valence-corrected chi connectivity index (χ1v) is 33.3. The fourth-order valence-corrected chi connectivity index (χ4v) is 12.5. The normalized spacial score (nSPS) is 18.3. The summed E-state index contributed by atoms with van der Waals surface area (Å²) in [6.07, 6.45) is 4.54. The SMILES string of the molecule is CC(C)(C)OC(=O)N1CCC2(CC1)N=C(SCC(=O)Nc1cnc3ccccc3c1)C(c1ccc(Br)cc1)=N2.CC(C)(C)OC(=O)N1CCC2(CC1)N=C(c1ccc(Br)cc1)C(=O)N2.CC(C)(C)OC(=O)N1CCC2(CC1)N=C(c1ccc(Br)cc1)C(=S)N2. The average molecular weight is 1440 g/mol. The second-order valence-electron chi connectivity index (χ2n) is 25.4. The Bertz CT molecular complexity index is 3490. The van der Waals surface area contributed by atoms with E-state index in [4.69, 9.17) is 46.4 Å². The van der Waals surface area contributed by atoms with Gasteiger partial charge in [-0.15, -0.1) is 0 Å². The number of nitrogens with zero attached hydrogens (tertiary/aromatic N) is 8. The van der Waals surface area contributed by atoms with Crippen molar-refractivity contribution < 1.29 is 38.2 Å². The summed E-state index contributed by atoms with van der Waals surface area (Å²) in [5.41, 5.74) is 3.13. The molecular formula is C65H74Br3N11O8S2. The van der Waals surface area contributed by atoms with E-state index in [1.165, 1.54) is 11.8 Å². The van der Waals surface area contributed by atoms with Gasteiger partial charge in [0.05, 0.1) is 28.9 Å². The molecule has 470 valence electrons. The van der Waals surface area contributed by atoms with Gasteiger partial charge in [-0.05, 0) is 111 Å². The molecule has 0 bridgehead atoms. The molecule has 24 heteroatoms. The molecule has 3 saturated heterocycles. The van der Waals surface area contributed by atoms with Crippen LogP contribution in [-0.2, 0) is 23.8 Å². The summed E-state index contributed by atoms with van der Waals surface area (Å²) in [5.74, 6) is -0.120. The Kier molecular flexibility index (Phi) is 20.6. The van der Waals surface area contributed by atoms with Crippen molar-refractivity contribution >= 4 is 146 Å². The van der Waals surface area contributed by atoms with Gasteiger partial charge in [-0.25, -0.2) is 19.4 Å². The summed E-state index contributed by atoms with van der Waals surface area (Å²) in [6, 6.07) is 33.1. The average Bonchev–Trinajstić information content (AvgIpc) is 1.72. The van der Waals surface area contributed by atoms with Crippen LogP contribution >= 0.6 is 71.8 Å². The molecule has 19 nitrogen and oxygen atoms in total. The van der Waals surface area contributed by atoms with Crippen LogP contribution in [0.4, 0.5) is 20.1 Å². The number of ether oxygens (including phenoxy) is 3. The molecule has 11 rings (SSSR count). The molecule has 6 aliphatic rings. The third-order valence-corrected chi connectivity index (χ3v) is 17.7. The summed E-state index contributed by atoms with van der Waals surface area (Å²) in [5, 5.41) is 11.0. The van der Waals surface area contributed by atoms with E-state index in [1.807, 2.05) is 165 Å². The number of carbonyl (C=O) groups is 5. The number of amides is 5. The second-order valence-corrected chi connectivity index (χ2v) is 29.5. The van der Waals surface area contributed by atoms with E-state index in [2.05, 4.69) is 68.7 Å². The van der Waals surface area contributed by atoms with E-state index in [9.17, 15) is 24.0 Å². The van der Waals surface area contributed by atoms with Gasteiger partial charge < -0.3 is 44.9 Å². The maximum atomic E-state index is 12.9. The number of halogens is 3. The third-order valence-electron chi connectivity index (χ3n) is 14.9. The van der Waals surface area contributed by atoms with Crippen LogP contribution in [0.3, 0.4) is 0 Å². The molecule has 7 heterocycles. The number of anilines is 1. The number of hydrogen-bond donors (Lipinski definition) is 3. The topological polar surface area (TPSA) is 221 Å². The van der Waals surface area contributed by atoms with E-state index in [0.717, 1.165) is 57.5 Å². The molecule has 3 spiro atoms. The molecule has 5 amide bonds. The number of carbonyl (C=O) groups excluding carboxylic acids is 5. The zero-order valence-electron chi connectivity index (χ0n) is 51.4. The number of fused-ring (bicyclic) bond motifs is 1. The summed E-state index contributed by atoms with van der Waals surface area (Å²) in [4.78, 5) is 92.2. The number of likely N-dealkylation sites (tertiary alicyclic amines) is 3. The molecule has 0 atom stereocenters. The van der Waals surface area contributed by atoms with Gasteiger partial charge >= 0.3 is 18.3 Å². The summed E-state index contributed by atoms with van der Waals surface area (Å²) >= 11 is 17.2. The fraction of sp³-hybridized carbons (Fsp3) is 0.431. The van der Waals surface area contributed by atoms with Gasteiger partial charge in [0, 0.05) is 113 Å². The van der Waals surface area contributed by atoms with Crippen molar-refractivity contribution in [3.8, 4) is 0 Å². The van der Waals surface area contributed by atoms with Gasteiger partial charge in [0.1, 0.15) is 49.6 Å². The van der Waals surface area contributed by atoms with Crippen LogP contribution in [0.5, 0.6) is 0 Å². The van der Waals surface area contributed by atoms with Crippen molar-refractivity contribution in [3.05, 3.63) is 139 Å². The maximum absolute atomic E-state index is 12.9. The quantitative estimate of drug-likeness (QED) is 0.107. The van der Waals surface area contributed by atoms with Crippen LogP contribution < -0.4 is 16.0 Å². The number of hydrogen-bond acceptors (Lipinski definition) is 15. The van der Waals surface area contributed by atoms with Crippen LogP contribution in [0.25, 0.3) is 10.9 Å². The van der Waals surface area contributed by atoms with Gasteiger partial charge in [0.25, 0.3) is 5.91 Å². The first-order valence-electron chi connectivity index (χ1n) is 29.5. The number of aliphatic imine (C=N–C) groups is 4. The van der Waals surface area contributed by atoms with E-state index in [0.29, 0.717) is 94.2 Å². The van der Waals surface area contributed by atoms with Gasteiger partial charge in [-0.3, -0.25) is 29.6 Å². The smallest absolute Gasteiger partial charge is 0.410 e. The minimum absolute atomic E-state index is 0.143. The lowest BCUT2D eigenvalue weighted by Gasteiger charge is -2.38. The van der Waals surface area contributed by atoms with Crippen LogP contribution in [0.2, 0.25) is 0 Å². The minimum Gasteiger partial charge on any atom is -0.444 e. The zero-order chi connectivity index (χ0) is 64.1. The van der Waals surface area contributed by atoms with Crippen LogP contribution in [-0.4, -0.2) is 156 Å². The Morgan fingerprint density at radius 2 is 0.978 bits per heavy atom. The molecule has 0 aliphatic carbocycles. The number of para-hydroxylation sites is 1. The fourth-order valence-electron chi connectivity index (χ4n) is 10.5. The Morgan fingerprint density at radius 1 is 0.562 bits per heavy atom. The summed E-state index contributed by atoms with van der Waals surface area (Å²) in [6.45, 7) is 20.0. The van der Waals surface area contributed by atoms with Crippen LogP contribution in [0.15, 0.2) is 143 Å². The molecular weight excluding hydrogens is 1370 g/mol. The Balaban J connectivity index is 0.000000165. The van der Waals surface area contributed by atoms with Gasteiger partial charge in [0.15, 0.2) is 5.66 Å². The number of nitrogens with one attached hydrogen (secondary N) is 3. The van der Waals surface area contributed by atoms with Crippen molar-refractivity contribution in [2.75, 3.05) is 50.3 Å². The van der Waals surface area contributed by atoms with Crippen molar-refractivity contribution in [2.45, 2.75) is 135 Å². The molecule has 0 saturated carbocycles. The summed E-state index contributed by atoms with van der Waals surface area (Å²) in [7, 11) is 0. The van der Waals surface area contributed by atoms with Gasteiger partial charge in [0.2, 0.25) is 5.91 Å². The molecule has 5 aromatic rings. The number of piperidine rings is 3. The standard InChI is InChI=1S/C29H30BrN5O3S.C18H22BrN3O3.C18H22BrN3O2S/c1-28(2,3)38-27(37)35-14-12-29(13-15-35)33-25(19-8-10-21(30)11-9-19)26(34-29)39-18-24(36)32-22-16-20-6-4-5-7-23(20)31-17-22;1-17(2,3)25-16(24)22-10-8-18(9-11-22)20-14(15(23)21-18)12-4-6-13(19)7-5-12;1-17(2,3)24-16(23)22-10-8-18(9-11-22)20-14(15(25)21-18)12-4-6-13(19)7-5-12/h4-11,16-17H,12-15,18H2,1-3H3,(H,32,36);4-7H,8-11H2,1-3H3,(H,21,23);4-7H,8-11H2,1-3H3,(H,21,25). The highest BCUT2D eigenvalue weighted by molar-refractivity contribution is 9.11. The predicted octanol–water partition coefficient (Wildman–Crippen LogP) is 13.3. The molecule has 1 aromatic heterocycles. The highest BCUT2D eigenvalue weighted by Gasteiger charge is 2.45. The highest BCUT2D eigenvalue weighted by atomic mass is 79.9. The zero-order valence-corrected chi connectivity index (χ0v) is 57.8. The third kappa shape index (κ3) is 17.9. The lowest BCUT2D eigenvalue weighted by molar-refractivity contribution is -0.116. The molecule has 0 radical (unpaired) electrons. The minimum atomic E-state index is -0.651. The molecule has 0 unspecified atom stereocenters. The number of thioether (sulfide) groups is 1. The van der Waals surface area contributed by atoms with Crippen molar-refractivity contribution in [3.63, 3.8) is 0 Å². The number of aromatic nitrogens is 1. The number of benzene rings is 4. The molecule has 3 N–H and O–H groups in total. The first kappa shape index (κ1) is 66.8. The first-order chi connectivity index (χ1) is 41.9. The summed E-state index contributed by atoms with van der Waals surface area (Å²) < 4.78 is 19.4. The molecule has 4 aromatic carbocycles. The van der Waals surface area contributed by atoms with Crippen molar-refractivity contribution in [2.24, 2.45) is 20.0 Å². The van der Waals surface area contributed by atoms with Gasteiger partial charge in [-0.1, -0.05) is 126 Å². The Hall–Kier alpha value is -6.60. The van der Waals surface area contributed by atoms with E-state index >= 15 is 0 Å². The second kappa shape index (κ2) is 27.5. The van der Waals surface area contributed by atoms with Crippen molar-refractivity contribution in [1.82, 2.24) is 30.3 Å². The lowest BCUT2D eigenvalue weighted by Crippen LogP contribution is -2.53.